The number of amides is 1. The number of hydrogen-bond acceptors (Lipinski definition) is 2. The summed E-state index contributed by atoms with van der Waals surface area (Å²) in [5.41, 5.74) is 8.27. The van der Waals surface area contributed by atoms with Gasteiger partial charge in [0, 0.05) is 6.04 Å². The predicted molar refractivity (Wildman–Crippen MR) is 75.7 cm³/mol. The fourth-order valence-electron chi connectivity index (χ4n) is 3.03. The first kappa shape index (κ1) is 12.7. The average molecular weight is 258 g/mol. The van der Waals surface area contributed by atoms with E-state index >= 15 is 0 Å². The van der Waals surface area contributed by atoms with Crippen LogP contribution in [0.3, 0.4) is 0 Å². The summed E-state index contributed by atoms with van der Waals surface area (Å²) >= 11 is 0. The largest absolute Gasteiger partial charge is 0.351 e. The van der Waals surface area contributed by atoms with Crippen LogP contribution in [-0.2, 0) is 17.6 Å². The minimum Gasteiger partial charge on any atom is -0.351 e. The van der Waals surface area contributed by atoms with Crippen LogP contribution in [0.25, 0.3) is 0 Å². The Morgan fingerprint density at radius 2 is 1.95 bits per heavy atom. The third-order valence-corrected chi connectivity index (χ3v) is 4.60. The number of nitrogens with two attached hydrogens (primary N) is 1. The van der Waals surface area contributed by atoms with Crippen LogP contribution in [0.2, 0.25) is 0 Å². The van der Waals surface area contributed by atoms with Crippen molar-refractivity contribution in [1.82, 2.24) is 5.32 Å². The molecule has 0 saturated heterocycles. The molecule has 0 heterocycles. The van der Waals surface area contributed by atoms with Gasteiger partial charge >= 0.3 is 0 Å². The third kappa shape index (κ3) is 2.52. The maximum absolute atomic E-state index is 12.3. The number of aryl methyl sites for hydroxylation is 1. The minimum absolute atomic E-state index is 0.0272. The maximum atomic E-state index is 12.3. The summed E-state index contributed by atoms with van der Waals surface area (Å²) in [6, 6.07) is 8.74. The highest BCUT2D eigenvalue weighted by atomic mass is 16.2. The number of carbonyl (C=O) groups is 1. The number of nitrogens with one attached hydrogen (secondary N) is 1. The Hall–Kier alpha value is -1.35. The first-order valence-corrected chi connectivity index (χ1v) is 7.24. The molecule has 3 heteroatoms. The SMILES string of the molecule is CC(N)(C(=O)NC1CCc2ccccc2C1)C1CC1. The van der Waals surface area contributed by atoms with Gasteiger partial charge in [-0.3, -0.25) is 4.79 Å². The fourth-order valence-corrected chi connectivity index (χ4v) is 3.03. The van der Waals surface area contributed by atoms with Crippen molar-refractivity contribution in [3.8, 4) is 0 Å². The zero-order chi connectivity index (χ0) is 13.5. The van der Waals surface area contributed by atoms with Crippen molar-refractivity contribution in [2.75, 3.05) is 0 Å². The Kier molecular flexibility index (Phi) is 3.09. The first-order valence-electron chi connectivity index (χ1n) is 7.24. The van der Waals surface area contributed by atoms with Crippen LogP contribution in [0.5, 0.6) is 0 Å². The molecule has 0 aliphatic heterocycles. The molecule has 1 fully saturated rings. The van der Waals surface area contributed by atoms with E-state index in [2.05, 4.69) is 29.6 Å². The molecular formula is C16H22N2O. The second-order valence-corrected chi connectivity index (χ2v) is 6.24. The predicted octanol–water partition coefficient (Wildman–Crippen LogP) is 1.79. The second kappa shape index (κ2) is 4.64. The van der Waals surface area contributed by atoms with Gasteiger partial charge in [0.1, 0.15) is 0 Å². The molecule has 2 unspecified atom stereocenters. The first-order chi connectivity index (χ1) is 9.07. The molecule has 3 rings (SSSR count). The van der Waals surface area contributed by atoms with E-state index < -0.39 is 5.54 Å². The van der Waals surface area contributed by atoms with E-state index in [1.54, 1.807) is 0 Å². The van der Waals surface area contributed by atoms with E-state index in [-0.39, 0.29) is 11.9 Å². The molecule has 0 spiro atoms. The van der Waals surface area contributed by atoms with Gasteiger partial charge in [0.05, 0.1) is 5.54 Å². The fraction of sp³-hybridized carbons (Fsp3) is 0.562. The van der Waals surface area contributed by atoms with Crippen LogP contribution in [0.1, 0.15) is 37.3 Å². The Morgan fingerprint density at radius 1 is 1.26 bits per heavy atom. The normalized spacial score (nSPS) is 25.3. The lowest BCUT2D eigenvalue weighted by atomic mass is 9.87. The lowest BCUT2D eigenvalue weighted by Gasteiger charge is -2.30. The van der Waals surface area contributed by atoms with E-state index in [9.17, 15) is 4.79 Å². The highest BCUT2D eigenvalue weighted by Gasteiger charge is 2.44. The average Bonchev–Trinajstić information content (AvgIpc) is 3.23. The maximum Gasteiger partial charge on any atom is 0.240 e. The highest BCUT2D eigenvalue weighted by molar-refractivity contribution is 5.86. The summed E-state index contributed by atoms with van der Waals surface area (Å²) in [5.74, 6) is 0.405. The van der Waals surface area contributed by atoms with E-state index in [1.807, 2.05) is 6.92 Å². The molecule has 19 heavy (non-hydrogen) atoms. The van der Waals surface area contributed by atoms with Crippen LogP contribution in [0.15, 0.2) is 24.3 Å². The minimum atomic E-state index is -0.684. The molecular weight excluding hydrogens is 236 g/mol. The molecule has 2 aliphatic carbocycles. The Bertz CT molecular complexity index is 491. The number of fused-ring (bicyclic) bond motifs is 1. The van der Waals surface area contributed by atoms with E-state index in [0.717, 1.165) is 32.1 Å². The zero-order valence-electron chi connectivity index (χ0n) is 11.5. The van der Waals surface area contributed by atoms with Crippen molar-refractivity contribution in [3.63, 3.8) is 0 Å². The lowest BCUT2D eigenvalue weighted by molar-refractivity contribution is -0.127. The molecule has 2 aliphatic rings. The Balaban J connectivity index is 1.64. The smallest absolute Gasteiger partial charge is 0.240 e. The van der Waals surface area contributed by atoms with Crippen LogP contribution in [0.4, 0.5) is 0 Å². The molecule has 2 atom stereocenters. The Labute approximate surface area is 114 Å². The lowest BCUT2D eigenvalue weighted by Crippen LogP contribution is -2.56. The van der Waals surface area contributed by atoms with Crippen LogP contribution < -0.4 is 11.1 Å². The van der Waals surface area contributed by atoms with Gasteiger partial charge in [0.15, 0.2) is 0 Å². The summed E-state index contributed by atoms with van der Waals surface area (Å²) in [5, 5.41) is 3.16. The third-order valence-electron chi connectivity index (χ3n) is 4.60. The molecule has 0 bridgehead atoms. The van der Waals surface area contributed by atoms with Crippen molar-refractivity contribution in [2.24, 2.45) is 11.7 Å². The summed E-state index contributed by atoms with van der Waals surface area (Å²) in [6.07, 6.45) is 5.18. The van der Waals surface area contributed by atoms with Gasteiger partial charge < -0.3 is 11.1 Å². The molecule has 1 aromatic carbocycles. The van der Waals surface area contributed by atoms with Gasteiger partial charge in [-0.1, -0.05) is 24.3 Å². The van der Waals surface area contributed by atoms with Crippen molar-refractivity contribution in [3.05, 3.63) is 35.4 Å². The van der Waals surface area contributed by atoms with Crippen molar-refractivity contribution in [2.45, 2.75) is 50.6 Å². The van der Waals surface area contributed by atoms with Gasteiger partial charge in [-0.15, -0.1) is 0 Å². The van der Waals surface area contributed by atoms with Crippen molar-refractivity contribution in [1.29, 1.82) is 0 Å². The topological polar surface area (TPSA) is 55.1 Å². The molecule has 1 amide bonds. The summed E-state index contributed by atoms with van der Waals surface area (Å²) < 4.78 is 0. The van der Waals surface area contributed by atoms with Gasteiger partial charge in [-0.25, -0.2) is 0 Å². The molecule has 3 nitrogen and oxygen atoms in total. The molecule has 3 N–H and O–H groups in total. The summed E-state index contributed by atoms with van der Waals surface area (Å²) in [7, 11) is 0. The monoisotopic (exact) mass is 258 g/mol. The summed E-state index contributed by atoms with van der Waals surface area (Å²) in [6.45, 7) is 1.87. The molecule has 0 aromatic heterocycles. The quantitative estimate of drug-likeness (QED) is 0.868. The Morgan fingerprint density at radius 3 is 2.63 bits per heavy atom. The molecule has 102 valence electrons. The number of benzene rings is 1. The molecule has 1 saturated carbocycles. The van der Waals surface area contributed by atoms with E-state index in [4.69, 9.17) is 5.73 Å². The number of rotatable bonds is 3. The van der Waals surface area contributed by atoms with Gasteiger partial charge in [0.2, 0.25) is 5.91 Å². The van der Waals surface area contributed by atoms with E-state index in [0.29, 0.717) is 5.92 Å². The van der Waals surface area contributed by atoms with Crippen LogP contribution >= 0.6 is 0 Å². The van der Waals surface area contributed by atoms with Gasteiger partial charge in [-0.2, -0.15) is 0 Å². The van der Waals surface area contributed by atoms with Crippen molar-refractivity contribution < 1.29 is 4.79 Å². The van der Waals surface area contributed by atoms with Gasteiger partial charge in [-0.05, 0) is 56.1 Å². The number of carbonyl (C=O) groups excluding carboxylic acids is 1. The van der Waals surface area contributed by atoms with E-state index in [1.165, 1.54) is 11.1 Å². The molecule has 0 radical (unpaired) electrons. The van der Waals surface area contributed by atoms with Crippen LogP contribution in [-0.4, -0.2) is 17.5 Å². The van der Waals surface area contributed by atoms with Gasteiger partial charge in [0.25, 0.3) is 0 Å². The van der Waals surface area contributed by atoms with Crippen LogP contribution in [0, 0.1) is 5.92 Å². The standard InChI is InChI=1S/C16H22N2O/c1-16(17,13-7-8-13)15(19)18-14-9-6-11-4-2-3-5-12(11)10-14/h2-5,13-14H,6-10,17H2,1H3,(H,18,19). The van der Waals surface area contributed by atoms with Crippen molar-refractivity contribution >= 4 is 5.91 Å². The number of hydrogen-bond donors (Lipinski definition) is 2. The second-order valence-electron chi connectivity index (χ2n) is 6.24. The molecule has 1 aromatic rings. The zero-order valence-corrected chi connectivity index (χ0v) is 11.5. The highest BCUT2D eigenvalue weighted by Crippen LogP contribution is 2.38. The summed E-state index contributed by atoms with van der Waals surface area (Å²) in [4.78, 5) is 12.3.